The molecule has 39 heavy (non-hydrogen) atoms. The van der Waals surface area contributed by atoms with Crippen LogP contribution in [0.2, 0.25) is 0 Å². The van der Waals surface area contributed by atoms with Crippen molar-refractivity contribution in [2.24, 2.45) is 11.8 Å². The van der Waals surface area contributed by atoms with Crippen LogP contribution in [0.15, 0.2) is 72.8 Å². The number of aliphatic hydroxyl groups is 1. The predicted molar refractivity (Wildman–Crippen MR) is 152 cm³/mol. The van der Waals surface area contributed by atoms with Crippen LogP contribution in [0.4, 0.5) is 5.69 Å². The molecule has 0 radical (unpaired) electrons. The maximum atomic E-state index is 14.7. The lowest BCUT2D eigenvalue weighted by Gasteiger charge is -2.39. The van der Waals surface area contributed by atoms with E-state index < -0.39 is 28.7 Å². The Morgan fingerprint density at radius 2 is 1.77 bits per heavy atom. The standard InChI is InChI=1S/C31H33N3O4S/c1-19-12-13-20(2)22(17-19)33-16-8-14-31-26(25-24(39-31)11-7-15-32(3)28(25)36)29(37)34(27(31)30(33)38)23(18-35)21-9-5-4-6-10-21/h4-14,17,23-27,35H,15-16,18H2,1-3H3/t23-,24+,25-,26+,27?,31+/m1/s1. The molecule has 6 atom stereocenters. The molecule has 2 saturated heterocycles. The molecule has 2 aromatic carbocycles. The summed E-state index contributed by atoms with van der Waals surface area (Å²) in [7, 11) is 1.76. The molecular weight excluding hydrogens is 510 g/mol. The van der Waals surface area contributed by atoms with E-state index >= 15 is 0 Å². The van der Waals surface area contributed by atoms with E-state index in [1.165, 1.54) is 0 Å². The van der Waals surface area contributed by atoms with Gasteiger partial charge in [-0.1, -0.05) is 66.8 Å². The summed E-state index contributed by atoms with van der Waals surface area (Å²) in [4.78, 5) is 48.0. The first-order valence-electron chi connectivity index (χ1n) is 13.4. The van der Waals surface area contributed by atoms with Gasteiger partial charge < -0.3 is 19.8 Å². The first-order valence-corrected chi connectivity index (χ1v) is 14.3. The van der Waals surface area contributed by atoms with E-state index in [4.69, 9.17) is 0 Å². The van der Waals surface area contributed by atoms with Gasteiger partial charge in [0.05, 0.1) is 29.2 Å². The van der Waals surface area contributed by atoms with Crippen molar-refractivity contribution in [1.82, 2.24) is 9.80 Å². The van der Waals surface area contributed by atoms with Gasteiger partial charge in [-0.05, 0) is 36.6 Å². The fourth-order valence-electron chi connectivity index (χ4n) is 6.79. The molecule has 0 aliphatic carbocycles. The van der Waals surface area contributed by atoms with Crippen LogP contribution >= 0.6 is 11.8 Å². The molecule has 6 rings (SSSR count). The zero-order chi connectivity index (χ0) is 27.5. The van der Waals surface area contributed by atoms with Gasteiger partial charge in [0.1, 0.15) is 6.04 Å². The zero-order valence-corrected chi connectivity index (χ0v) is 23.2. The molecule has 0 saturated carbocycles. The summed E-state index contributed by atoms with van der Waals surface area (Å²) in [6.07, 6.45) is 8.01. The van der Waals surface area contributed by atoms with E-state index in [1.807, 2.05) is 86.7 Å². The van der Waals surface area contributed by atoms with E-state index in [-0.39, 0.29) is 29.6 Å². The van der Waals surface area contributed by atoms with Crippen LogP contribution < -0.4 is 4.90 Å². The van der Waals surface area contributed by atoms with Crippen LogP contribution in [0.5, 0.6) is 0 Å². The number of hydrogen-bond donors (Lipinski definition) is 1. The predicted octanol–water partition coefficient (Wildman–Crippen LogP) is 3.27. The van der Waals surface area contributed by atoms with Crippen molar-refractivity contribution in [2.45, 2.75) is 35.9 Å². The fourth-order valence-corrected chi connectivity index (χ4v) is 8.79. The van der Waals surface area contributed by atoms with Crippen LogP contribution in [0.3, 0.4) is 0 Å². The van der Waals surface area contributed by atoms with Crippen LogP contribution in [0, 0.1) is 25.7 Å². The molecule has 1 spiro atoms. The number of carbonyl (C=O) groups is 3. The number of rotatable bonds is 4. The van der Waals surface area contributed by atoms with Gasteiger partial charge in [-0.25, -0.2) is 0 Å². The molecule has 8 heteroatoms. The Hall–Kier alpha value is -3.36. The lowest BCUT2D eigenvalue weighted by Crippen LogP contribution is -2.54. The van der Waals surface area contributed by atoms with E-state index in [1.54, 1.807) is 33.5 Å². The molecule has 0 bridgehead atoms. The Morgan fingerprint density at radius 3 is 2.51 bits per heavy atom. The van der Waals surface area contributed by atoms with Crippen molar-refractivity contribution in [3.63, 3.8) is 0 Å². The van der Waals surface area contributed by atoms with Crippen LogP contribution in [0.1, 0.15) is 22.7 Å². The maximum Gasteiger partial charge on any atom is 0.251 e. The van der Waals surface area contributed by atoms with Gasteiger partial charge >= 0.3 is 0 Å². The number of aliphatic hydroxyl groups excluding tert-OH is 1. The van der Waals surface area contributed by atoms with Crippen LogP contribution in [0.25, 0.3) is 0 Å². The van der Waals surface area contributed by atoms with Crippen molar-refractivity contribution < 1.29 is 19.5 Å². The topological polar surface area (TPSA) is 81.2 Å². The maximum absolute atomic E-state index is 14.7. The minimum atomic E-state index is -0.934. The number of likely N-dealkylation sites (N-methyl/N-ethyl adjacent to an activating group) is 1. The molecule has 4 heterocycles. The summed E-state index contributed by atoms with van der Waals surface area (Å²) in [6, 6.07) is 13.8. The van der Waals surface area contributed by atoms with Crippen molar-refractivity contribution in [3.05, 3.63) is 89.5 Å². The normalized spacial score (nSPS) is 30.7. The molecule has 2 fully saturated rings. The van der Waals surface area contributed by atoms with Crippen molar-refractivity contribution >= 4 is 35.2 Å². The molecule has 1 N–H and O–H groups in total. The second kappa shape index (κ2) is 9.68. The number of carbonyl (C=O) groups excluding carboxylic acids is 3. The van der Waals surface area contributed by atoms with Gasteiger partial charge in [0.2, 0.25) is 11.8 Å². The summed E-state index contributed by atoms with van der Waals surface area (Å²) in [5.41, 5.74) is 3.58. The van der Waals surface area contributed by atoms with E-state index in [9.17, 15) is 19.5 Å². The summed E-state index contributed by atoms with van der Waals surface area (Å²) in [6.45, 7) is 4.50. The Kier molecular flexibility index (Phi) is 6.43. The zero-order valence-electron chi connectivity index (χ0n) is 22.4. The smallest absolute Gasteiger partial charge is 0.251 e. The molecule has 3 amide bonds. The van der Waals surface area contributed by atoms with Gasteiger partial charge in [0.15, 0.2) is 0 Å². The number of amides is 3. The molecule has 7 nitrogen and oxygen atoms in total. The SMILES string of the molecule is Cc1ccc(C)c(N2CC=C[C@]34S[C@H]5C=CCN(C)C(=O)[C@H]5[C@H]3C(=O)N([C@H](CO)c3ccccc3)C4C2=O)c1. The van der Waals surface area contributed by atoms with Crippen LogP contribution in [-0.4, -0.2) is 75.4 Å². The third kappa shape index (κ3) is 3.87. The summed E-state index contributed by atoms with van der Waals surface area (Å²) < 4.78 is -0.934. The Labute approximate surface area is 233 Å². The fraction of sp³-hybridized carbons (Fsp3) is 0.387. The lowest BCUT2D eigenvalue weighted by molar-refractivity contribution is -0.144. The molecule has 4 aliphatic rings. The highest BCUT2D eigenvalue weighted by Gasteiger charge is 2.71. The van der Waals surface area contributed by atoms with Crippen LogP contribution in [-0.2, 0) is 14.4 Å². The lowest BCUT2D eigenvalue weighted by atomic mass is 9.78. The quantitative estimate of drug-likeness (QED) is 0.599. The molecule has 202 valence electrons. The minimum Gasteiger partial charge on any atom is -0.394 e. The largest absolute Gasteiger partial charge is 0.394 e. The number of nitrogens with zero attached hydrogens (tertiary/aromatic N) is 3. The van der Waals surface area contributed by atoms with Gasteiger partial charge in [-0.3, -0.25) is 14.4 Å². The van der Waals surface area contributed by atoms with Crippen molar-refractivity contribution in [3.8, 4) is 0 Å². The van der Waals surface area contributed by atoms with Gasteiger partial charge in [0, 0.05) is 31.1 Å². The summed E-state index contributed by atoms with van der Waals surface area (Å²) >= 11 is 1.56. The molecule has 2 aromatic rings. The highest BCUT2D eigenvalue weighted by atomic mass is 32.2. The number of benzene rings is 2. The first kappa shape index (κ1) is 25.9. The molecule has 4 aliphatic heterocycles. The highest BCUT2D eigenvalue weighted by molar-refractivity contribution is 8.02. The summed E-state index contributed by atoms with van der Waals surface area (Å²) in [5.74, 6) is -1.82. The monoisotopic (exact) mass is 543 g/mol. The third-order valence-corrected chi connectivity index (χ3v) is 10.4. The van der Waals surface area contributed by atoms with Gasteiger partial charge in [-0.2, -0.15) is 0 Å². The van der Waals surface area contributed by atoms with Crippen molar-refractivity contribution in [2.75, 3.05) is 31.6 Å². The van der Waals surface area contributed by atoms with E-state index in [0.29, 0.717) is 13.1 Å². The Balaban J connectivity index is 1.54. The summed E-state index contributed by atoms with van der Waals surface area (Å²) in [5, 5.41) is 10.5. The molecular formula is C31H33N3O4S. The van der Waals surface area contributed by atoms with E-state index in [2.05, 4.69) is 0 Å². The van der Waals surface area contributed by atoms with Gasteiger partial charge in [0.25, 0.3) is 5.91 Å². The van der Waals surface area contributed by atoms with Crippen molar-refractivity contribution in [1.29, 1.82) is 0 Å². The second-order valence-corrected chi connectivity index (χ2v) is 12.5. The molecule has 1 unspecified atom stereocenters. The average Bonchev–Trinajstić information content (AvgIpc) is 3.26. The number of anilines is 1. The Morgan fingerprint density at radius 1 is 1.00 bits per heavy atom. The number of likely N-dealkylation sites (tertiary alicyclic amines) is 1. The minimum absolute atomic E-state index is 0.0786. The highest BCUT2D eigenvalue weighted by Crippen LogP contribution is 2.62. The number of fused-ring (bicyclic) bond motifs is 2. The number of thioether (sulfide) groups is 1. The average molecular weight is 544 g/mol. The number of hydrogen-bond acceptors (Lipinski definition) is 5. The molecule has 0 aromatic heterocycles. The number of aryl methyl sites for hydroxylation is 2. The van der Waals surface area contributed by atoms with Gasteiger partial charge in [-0.15, -0.1) is 11.8 Å². The third-order valence-electron chi connectivity index (χ3n) is 8.65. The second-order valence-electron chi connectivity index (χ2n) is 11.0. The first-order chi connectivity index (χ1) is 18.8. The Bertz CT molecular complexity index is 1390. The van der Waals surface area contributed by atoms with E-state index in [0.717, 1.165) is 22.4 Å².